The van der Waals surface area contributed by atoms with Crippen LogP contribution in [-0.2, 0) is 0 Å². The fourth-order valence-corrected chi connectivity index (χ4v) is 3.37. The van der Waals surface area contributed by atoms with Crippen LogP contribution in [0.5, 0.6) is 0 Å². The Morgan fingerprint density at radius 2 is 2.40 bits per heavy atom. The number of halogens is 1. The summed E-state index contributed by atoms with van der Waals surface area (Å²) in [4.78, 5) is 12.8. The molecule has 1 aromatic heterocycles. The molecule has 1 fully saturated rings. The van der Waals surface area contributed by atoms with E-state index >= 15 is 0 Å². The molecule has 15 heavy (non-hydrogen) atoms. The van der Waals surface area contributed by atoms with E-state index in [1.807, 2.05) is 11.4 Å². The highest BCUT2D eigenvalue weighted by atomic mass is 79.9. The Balaban J connectivity index is 2.07. The summed E-state index contributed by atoms with van der Waals surface area (Å²) in [5.41, 5.74) is 0.0838. The van der Waals surface area contributed by atoms with Crippen LogP contribution in [0.15, 0.2) is 15.9 Å². The molecule has 1 N–H and O–H groups in total. The summed E-state index contributed by atoms with van der Waals surface area (Å²) in [6.07, 6.45) is 4.51. The van der Waals surface area contributed by atoms with Crippen LogP contribution < -0.4 is 5.32 Å². The molecule has 2 rings (SSSR count). The summed E-state index contributed by atoms with van der Waals surface area (Å²) in [6, 6.07) is 1.92. The van der Waals surface area contributed by atoms with Gasteiger partial charge in [-0.05, 0) is 53.1 Å². The first-order valence-corrected chi connectivity index (χ1v) is 6.90. The fraction of sp³-hybridized carbons (Fsp3) is 0.545. The quantitative estimate of drug-likeness (QED) is 0.905. The SMILES string of the molecule is CCC1(NC(=O)c2sccc2Br)CCC1. The lowest BCUT2D eigenvalue weighted by molar-refractivity contribution is 0.0824. The van der Waals surface area contributed by atoms with Crippen molar-refractivity contribution in [1.29, 1.82) is 0 Å². The second-order valence-electron chi connectivity index (χ2n) is 4.04. The van der Waals surface area contributed by atoms with Crippen molar-refractivity contribution in [2.75, 3.05) is 0 Å². The van der Waals surface area contributed by atoms with Gasteiger partial charge in [0, 0.05) is 10.0 Å². The number of amides is 1. The van der Waals surface area contributed by atoms with Crippen molar-refractivity contribution in [3.05, 3.63) is 20.8 Å². The van der Waals surface area contributed by atoms with Gasteiger partial charge in [0.15, 0.2) is 0 Å². The topological polar surface area (TPSA) is 29.1 Å². The highest BCUT2D eigenvalue weighted by Crippen LogP contribution is 2.35. The van der Waals surface area contributed by atoms with Crippen LogP contribution in [0.25, 0.3) is 0 Å². The number of rotatable bonds is 3. The van der Waals surface area contributed by atoms with E-state index < -0.39 is 0 Å². The predicted octanol–water partition coefficient (Wildman–Crippen LogP) is 3.57. The maximum atomic E-state index is 12.0. The lowest BCUT2D eigenvalue weighted by Crippen LogP contribution is -2.52. The number of hydrogen-bond acceptors (Lipinski definition) is 2. The monoisotopic (exact) mass is 287 g/mol. The third-order valence-corrected chi connectivity index (χ3v) is 5.03. The normalized spacial score (nSPS) is 18.3. The van der Waals surface area contributed by atoms with Gasteiger partial charge < -0.3 is 5.32 Å². The molecule has 1 heterocycles. The molecule has 1 aliphatic carbocycles. The molecule has 0 saturated heterocycles. The average Bonchev–Trinajstić information content (AvgIpc) is 2.58. The molecule has 1 aromatic rings. The highest BCUT2D eigenvalue weighted by Gasteiger charge is 2.36. The summed E-state index contributed by atoms with van der Waals surface area (Å²) in [7, 11) is 0. The van der Waals surface area contributed by atoms with Gasteiger partial charge in [0.25, 0.3) is 5.91 Å². The molecule has 0 aromatic carbocycles. The summed E-state index contributed by atoms with van der Waals surface area (Å²) < 4.78 is 0.899. The van der Waals surface area contributed by atoms with Crippen molar-refractivity contribution in [2.24, 2.45) is 0 Å². The van der Waals surface area contributed by atoms with Crippen LogP contribution in [-0.4, -0.2) is 11.4 Å². The van der Waals surface area contributed by atoms with Gasteiger partial charge in [-0.25, -0.2) is 0 Å². The van der Waals surface area contributed by atoms with E-state index in [9.17, 15) is 4.79 Å². The zero-order valence-corrected chi connectivity index (χ0v) is 11.1. The summed E-state index contributed by atoms with van der Waals surface area (Å²) in [6.45, 7) is 2.14. The maximum absolute atomic E-state index is 12.0. The van der Waals surface area contributed by atoms with Gasteiger partial charge in [-0.3, -0.25) is 4.79 Å². The van der Waals surface area contributed by atoms with Crippen molar-refractivity contribution in [2.45, 2.75) is 38.1 Å². The van der Waals surface area contributed by atoms with Crippen molar-refractivity contribution in [3.8, 4) is 0 Å². The maximum Gasteiger partial charge on any atom is 0.262 e. The molecule has 1 aliphatic rings. The molecular formula is C11H14BrNOS. The molecule has 82 valence electrons. The number of thiophene rings is 1. The Hall–Kier alpha value is -0.350. The lowest BCUT2D eigenvalue weighted by atomic mass is 9.75. The van der Waals surface area contributed by atoms with Gasteiger partial charge in [0.05, 0.1) is 0 Å². The first kappa shape index (κ1) is 11.1. The van der Waals surface area contributed by atoms with Gasteiger partial charge >= 0.3 is 0 Å². The third kappa shape index (κ3) is 2.11. The van der Waals surface area contributed by atoms with Crippen LogP contribution in [0.1, 0.15) is 42.3 Å². The van der Waals surface area contributed by atoms with Crippen molar-refractivity contribution >= 4 is 33.2 Å². The molecule has 0 bridgehead atoms. The van der Waals surface area contributed by atoms with Crippen LogP contribution in [0.4, 0.5) is 0 Å². The highest BCUT2D eigenvalue weighted by molar-refractivity contribution is 9.10. The first-order chi connectivity index (χ1) is 7.17. The van der Waals surface area contributed by atoms with Crippen molar-refractivity contribution in [1.82, 2.24) is 5.32 Å². The number of hydrogen-bond donors (Lipinski definition) is 1. The zero-order chi connectivity index (χ0) is 10.9. The smallest absolute Gasteiger partial charge is 0.262 e. The number of carbonyl (C=O) groups excluding carboxylic acids is 1. The second-order valence-corrected chi connectivity index (χ2v) is 5.81. The summed E-state index contributed by atoms with van der Waals surface area (Å²) >= 11 is 4.87. The Morgan fingerprint density at radius 3 is 2.80 bits per heavy atom. The molecule has 0 atom stereocenters. The third-order valence-electron chi connectivity index (χ3n) is 3.19. The van der Waals surface area contributed by atoms with E-state index in [0.717, 1.165) is 28.6 Å². The molecule has 0 radical (unpaired) electrons. The van der Waals surface area contributed by atoms with E-state index in [1.165, 1.54) is 17.8 Å². The molecule has 0 unspecified atom stereocenters. The first-order valence-electron chi connectivity index (χ1n) is 5.22. The van der Waals surface area contributed by atoms with Crippen molar-refractivity contribution in [3.63, 3.8) is 0 Å². The van der Waals surface area contributed by atoms with Gasteiger partial charge in [-0.15, -0.1) is 11.3 Å². The van der Waals surface area contributed by atoms with Crippen LogP contribution in [0, 0.1) is 0 Å². The zero-order valence-electron chi connectivity index (χ0n) is 8.68. The lowest BCUT2D eigenvalue weighted by Gasteiger charge is -2.41. The number of nitrogens with one attached hydrogen (secondary N) is 1. The van der Waals surface area contributed by atoms with E-state index in [2.05, 4.69) is 28.2 Å². The van der Waals surface area contributed by atoms with Crippen LogP contribution in [0.3, 0.4) is 0 Å². The minimum atomic E-state index is 0.0680. The van der Waals surface area contributed by atoms with Crippen LogP contribution in [0.2, 0.25) is 0 Å². The molecule has 1 amide bonds. The van der Waals surface area contributed by atoms with E-state index in [-0.39, 0.29) is 11.4 Å². The molecule has 4 heteroatoms. The number of carbonyl (C=O) groups is 1. The second kappa shape index (κ2) is 4.26. The van der Waals surface area contributed by atoms with Gasteiger partial charge in [-0.2, -0.15) is 0 Å². The standard InChI is InChI=1S/C11H14BrNOS/c1-2-11(5-3-6-11)13-10(14)9-8(12)4-7-15-9/h4,7H,2-3,5-6H2,1H3,(H,13,14). The summed E-state index contributed by atoms with van der Waals surface area (Å²) in [5, 5.41) is 5.09. The Bertz CT molecular complexity index is 365. The van der Waals surface area contributed by atoms with E-state index in [1.54, 1.807) is 0 Å². The van der Waals surface area contributed by atoms with Gasteiger partial charge in [0.2, 0.25) is 0 Å². The van der Waals surface area contributed by atoms with Crippen molar-refractivity contribution < 1.29 is 4.79 Å². The molecule has 0 spiro atoms. The minimum absolute atomic E-state index is 0.0680. The Kier molecular flexibility index (Phi) is 3.16. The van der Waals surface area contributed by atoms with Gasteiger partial charge in [-0.1, -0.05) is 6.92 Å². The Labute approximate surface area is 102 Å². The van der Waals surface area contributed by atoms with E-state index in [0.29, 0.717) is 0 Å². The molecular weight excluding hydrogens is 274 g/mol. The van der Waals surface area contributed by atoms with E-state index in [4.69, 9.17) is 0 Å². The average molecular weight is 288 g/mol. The fourth-order valence-electron chi connectivity index (χ4n) is 1.92. The molecule has 1 saturated carbocycles. The largest absolute Gasteiger partial charge is 0.346 e. The predicted molar refractivity (Wildman–Crippen MR) is 66.4 cm³/mol. The Morgan fingerprint density at radius 1 is 1.67 bits per heavy atom. The summed E-state index contributed by atoms with van der Waals surface area (Å²) in [5.74, 6) is 0.0680. The van der Waals surface area contributed by atoms with Crippen LogP contribution >= 0.6 is 27.3 Å². The molecule has 2 nitrogen and oxygen atoms in total. The minimum Gasteiger partial charge on any atom is -0.346 e. The van der Waals surface area contributed by atoms with Gasteiger partial charge in [0.1, 0.15) is 4.88 Å². The molecule has 0 aliphatic heterocycles.